The lowest BCUT2D eigenvalue weighted by Crippen LogP contribution is -2.32. The summed E-state index contributed by atoms with van der Waals surface area (Å²) < 4.78 is 4.95. The summed E-state index contributed by atoms with van der Waals surface area (Å²) in [6, 6.07) is 4.67. The highest BCUT2D eigenvalue weighted by Gasteiger charge is 2.20. The molecule has 0 saturated carbocycles. The molecule has 0 spiro atoms. The summed E-state index contributed by atoms with van der Waals surface area (Å²) in [5.41, 5.74) is 0.0840. The molecule has 1 rings (SSSR count). The number of amides is 1. The van der Waals surface area contributed by atoms with E-state index in [0.717, 1.165) is 0 Å². The zero-order chi connectivity index (χ0) is 15.1. The average Bonchev–Trinajstić information content (AvgIpc) is 2.41. The molecule has 0 aromatic heterocycles. The SMILES string of the molecule is COc1cccc(NCC(=O)NCC(C)C)c1[N+](=O)[O-]. The number of para-hydroxylation sites is 1. The fourth-order valence-corrected chi connectivity index (χ4v) is 1.57. The van der Waals surface area contributed by atoms with Gasteiger partial charge in [-0.1, -0.05) is 19.9 Å². The number of nitro groups is 1. The van der Waals surface area contributed by atoms with Gasteiger partial charge in [0.15, 0.2) is 5.75 Å². The lowest BCUT2D eigenvalue weighted by atomic mass is 10.2. The molecule has 1 amide bonds. The maximum absolute atomic E-state index is 11.6. The van der Waals surface area contributed by atoms with Crippen LogP contribution in [0.1, 0.15) is 13.8 Å². The monoisotopic (exact) mass is 281 g/mol. The van der Waals surface area contributed by atoms with Crippen LogP contribution in [0, 0.1) is 16.0 Å². The maximum atomic E-state index is 11.6. The van der Waals surface area contributed by atoms with Crippen LogP contribution in [0.4, 0.5) is 11.4 Å². The Morgan fingerprint density at radius 2 is 2.15 bits per heavy atom. The van der Waals surface area contributed by atoms with Crippen LogP contribution < -0.4 is 15.4 Å². The van der Waals surface area contributed by atoms with Gasteiger partial charge in [-0.15, -0.1) is 0 Å². The van der Waals surface area contributed by atoms with Crippen LogP contribution in [0.25, 0.3) is 0 Å². The molecule has 0 radical (unpaired) electrons. The molecule has 0 heterocycles. The third-order valence-corrected chi connectivity index (χ3v) is 2.55. The van der Waals surface area contributed by atoms with Crippen molar-refractivity contribution < 1.29 is 14.5 Å². The van der Waals surface area contributed by atoms with E-state index in [0.29, 0.717) is 12.5 Å². The van der Waals surface area contributed by atoms with Gasteiger partial charge in [-0.25, -0.2) is 0 Å². The Bertz CT molecular complexity index is 489. The molecule has 0 aliphatic heterocycles. The van der Waals surface area contributed by atoms with E-state index in [1.165, 1.54) is 19.2 Å². The Kier molecular flexibility index (Phi) is 5.76. The van der Waals surface area contributed by atoms with Gasteiger partial charge in [-0.3, -0.25) is 14.9 Å². The van der Waals surface area contributed by atoms with Gasteiger partial charge in [0, 0.05) is 6.54 Å². The van der Waals surface area contributed by atoms with E-state index in [1.54, 1.807) is 6.07 Å². The first kappa shape index (κ1) is 15.7. The van der Waals surface area contributed by atoms with E-state index >= 15 is 0 Å². The highest BCUT2D eigenvalue weighted by Crippen LogP contribution is 2.34. The number of methoxy groups -OCH3 is 1. The molecule has 1 aromatic rings. The van der Waals surface area contributed by atoms with Gasteiger partial charge in [-0.05, 0) is 18.1 Å². The summed E-state index contributed by atoms with van der Waals surface area (Å²) >= 11 is 0. The number of anilines is 1. The van der Waals surface area contributed by atoms with Gasteiger partial charge in [-0.2, -0.15) is 0 Å². The maximum Gasteiger partial charge on any atom is 0.333 e. The van der Waals surface area contributed by atoms with Crippen molar-refractivity contribution in [2.45, 2.75) is 13.8 Å². The molecule has 110 valence electrons. The first-order chi connectivity index (χ1) is 9.45. The van der Waals surface area contributed by atoms with Crippen molar-refractivity contribution in [3.63, 3.8) is 0 Å². The molecule has 0 aliphatic carbocycles. The van der Waals surface area contributed by atoms with Crippen LogP contribution in [0.3, 0.4) is 0 Å². The Hall–Kier alpha value is -2.31. The predicted octanol–water partition coefficient (Wildman–Crippen LogP) is 1.79. The van der Waals surface area contributed by atoms with Gasteiger partial charge in [0.25, 0.3) is 0 Å². The lowest BCUT2D eigenvalue weighted by Gasteiger charge is -2.10. The van der Waals surface area contributed by atoms with Crippen molar-refractivity contribution in [1.82, 2.24) is 5.32 Å². The second-order valence-corrected chi connectivity index (χ2v) is 4.67. The molecular formula is C13H19N3O4. The van der Waals surface area contributed by atoms with Crippen LogP contribution in [0.5, 0.6) is 5.75 Å². The topological polar surface area (TPSA) is 93.5 Å². The summed E-state index contributed by atoms with van der Waals surface area (Å²) in [6.45, 7) is 4.52. The minimum Gasteiger partial charge on any atom is -0.490 e. The number of hydrogen-bond donors (Lipinski definition) is 2. The number of carbonyl (C=O) groups is 1. The largest absolute Gasteiger partial charge is 0.490 e. The molecule has 7 nitrogen and oxygen atoms in total. The predicted molar refractivity (Wildman–Crippen MR) is 76.0 cm³/mol. The molecule has 0 fully saturated rings. The highest BCUT2D eigenvalue weighted by molar-refractivity contribution is 5.82. The van der Waals surface area contributed by atoms with Crippen molar-refractivity contribution in [2.75, 3.05) is 25.5 Å². The van der Waals surface area contributed by atoms with Crippen LogP contribution >= 0.6 is 0 Å². The van der Waals surface area contributed by atoms with E-state index in [9.17, 15) is 14.9 Å². The van der Waals surface area contributed by atoms with E-state index < -0.39 is 4.92 Å². The Balaban J connectivity index is 2.73. The van der Waals surface area contributed by atoms with Crippen LogP contribution in [-0.4, -0.2) is 31.0 Å². The number of nitrogens with one attached hydrogen (secondary N) is 2. The summed E-state index contributed by atoms with van der Waals surface area (Å²) in [5.74, 6) is 0.295. The fraction of sp³-hybridized carbons (Fsp3) is 0.462. The van der Waals surface area contributed by atoms with Gasteiger partial charge in [0.05, 0.1) is 18.6 Å². The Morgan fingerprint density at radius 1 is 1.45 bits per heavy atom. The van der Waals surface area contributed by atoms with Crippen molar-refractivity contribution in [3.8, 4) is 5.75 Å². The molecule has 1 aromatic carbocycles. The van der Waals surface area contributed by atoms with Gasteiger partial charge in [0.2, 0.25) is 5.91 Å². The molecule has 0 atom stereocenters. The summed E-state index contributed by atoms with van der Waals surface area (Å²) in [4.78, 5) is 22.1. The number of nitrogens with zero attached hydrogens (tertiary/aromatic N) is 1. The van der Waals surface area contributed by atoms with E-state index in [4.69, 9.17) is 4.74 Å². The minimum absolute atomic E-state index is 0.0271. The molecule has 0 saturated heterocycles. The molecule has 0 bridgehead atoms. The first-order valence-electron chi connectivity index (χ1n) is 6.27. The van der Waals surface area contributed by atoms with E-state index in [-0.39, 0.29) is 29.6 Å². The van der Waals surface area contributed by atoms with Gasteiger partial charge >= 0.3 is 5.69 Å². The highest BCUT2D eigenvalue weighted by atomic mass is 16.6. The summed E-state index contributed by atoms with van der Waals surface area (Å²) in [7, 11) is 1.36. The molecule has 0 aliphatic rings. The average molecular weight is 281 g/mol. The number of nitro benzene ring substituents is 1. The number of rotatable bonds is 7. The number of ether oxygens (including phenoxy) is 1. The van der Waals surface area contributed by atoms with E-state index in [2.05, 4.69) is 10.6 Å². The third kappa shape index (κ3) is 4.42. The second-order valence-electron chi connectivity index (χ2n) is 4.67. The Morgan fingerprint density at radius 3 is 2.70 bits per heavy atom. The normalized spacial score (nSPS) is 10.2. The van der Waals surface area contributed by atoms with Crippen molar-refractivity contribution in [2.24, 2.45) is 5.92 Å². The van der Waals surface area contributed by atoms with Crippen LogP contribution in [-0.2, 0) is 4.79 Å². The summed E-state index contributed by atoms with van der Waals surface area (Å²) in [5, 5.41) is 16.5. The second kappa shape index (κ2) is 7.32. The van der Waals surface area contributed by atoms with Crippen molar-refractivity contribution in [3.05, 3.63) is 28.3 Å². The molecule has 20 heavy (non-hydrogen) atoms. The molecule has 0 unspecified atom stereocenters. The lowest BCUT2D eigenvalue weighted by molar-refractivity contribution is -0.384. The zero-order valence-electron chi connectivity index (χ0n) is 11.8. The zero-order valence-corrected chi connectivity index (χ0v) is 11.8. The van der Waals surface area contributed by atoms with Crippen molar-refractivity contribution in [1.29, 1.82) is 0 Å². The third-order valence-electron chi connectivity index (χ3n) is 2.55. The van der Waals surface area contributed by atoms with Gasteiger partial charge in [0.1, 0.15) is 5.69 Å². The van der Waals surface area contributed by atoms with Gasteiger partial charge < -0.3 is 15.4 Å². The smallest absolute Gasteiger partial charge is 0.333 e. The number of hydrogen-bond acceptors (Lipinski definition) is 5. The Labute approximate surface area is 117 Å². The van der Waals surface area contributed by atoms with E-state index in [1.807, 2.05) is 13.8 Å². The summed E-state index contributed by atoms with van der Waals surface area (Å²) in [6.07, 6.45) is 0. The quantitative estimate of drug-likeness (QED) is 0.587. The van der Waals surface area contributed by atoms with Crippen molar-refractivity contribution >= 4 is 17.3 Å². The molecule has 2 N–H and O–H groups in total. The first-order valence-corrected chi connectivity index (χ1v) is 6.27. The molecular weight excluding hydrogens is 262 g/mol. The molecule has 7 heteroatoms. The number of carbonyl (C=O) groups excluding carboxylic acids is 1. The minimum atomic E-state index is -0.535. The number of benzene rings is 1. The fourth-order valence-electron chi connectivity index (χ4n) is 1.57. The van der Waals surface area contributed by atoms with Crippen LogP contribution in [0.15, 0.2) is 18.2 Å². The standard InChI is InChI=1S/C13H19N3O4/c1-9(2)7-15-12(17)8-14-10-5-4-6-11(20-3)13(10)16(18)19/h4-6,9,14H,7-8H2,1-3H3,(H,15,17). The van der Waals surface area contributed by atoms with Crippen LogP contribution in [0.2, 0.25) is 0 Å².